The van der Waals surface area contributed by atoms with Gasteiger partial charge in [0.2, 0.25) is 5.91 Å². The van der Waals surface area contributed by atoms with Crippen LogP contribution in [0.1, 0.15) is 41.1 Å². The lowest BCUT2D eigenvalue weighted by molar-refractivity contribution is -0.138. The van der Waals surface area contributed by atoms with Crippen molar-refractivity contribution in [1.82, 2.24) is 0 Å². The number of nitrogens with one attached hydrogen (secondary N) is 1. The van der Waals surface area contributed by atoms with Crippen LogP contribution >= 0.6 is 0 Å². The Balaban J connectivity index is 1.39. The molecule has 2 aliphatic rings. The van der Waals surface area contributed by atoms with Gasteiger partial charge in [-0.15, -0.1) is 0 Å². The van der Waals surface area contributed by atoms with E-state index in [1.807, 2.05) is 12.1 Å². The summed E-state index contributed by atoms with van der Waals surface area (Å²) in [6.45, 7) is 0.723. The van der Waals surface area contributed by atoms with Crippen molar-refractivity contribution in [3.63, 3.8) is 0 Å². The number of nitrogens with zero attached hydrogens (tertiary/aromatic N) is 1. The van der Waals surface area contributed by atoms with Crippen molar-refractivity contribution in [2.75, 3.05) is 16.8 Å². The monoisotopic (exact) mass is 364 g/mol. The summed E-state index contributed by atoms with van der Waals surface area (Å²) in [7, 11) is 0. The lowest BCUT2D eigenvalue weighted by Crippen LogP contribution is -2.23. The minimum Gasteiger partial charge on any atom is -0.481 e. The minimum absolute atomic E-state index is 0.0769. The van der Waals surface area contributed by atoms with Crippen LogP contribution in [0.2, 0.25) is 0 Å². The summed E-state index contributed by atoms with van der Waals surface area (Å²) >= 11 is 0. The lowest BCUT2D eigenvalue weighted by Gasteiger charge is -2.15. The van der Waals surface area contributed by atoms with Gasteiger partial charge in [0, 0.05) is 29.9 Å². The summed E-state index contributed by atoms with van der Waals surface area (Å²) in [6, 6.07) is 14.3. The van der Waals surface area contributed by atoms with Gasteiger partial charge in [-0.1, -0.05) is 12.1 Å². The van der Waals surface area contributed by atoms with Gasteiger partial charge in [0.05, 0.1) is 5.92 Å². The molecule has 6 heteroatoms. The predicted molar refractivity (Wildman–Crippen MR) is 101 cm³/mol. The first-order valence-electron chi connectivity index (χ1n) is 9.07. The molecular weight excluding hydrogens is 344 g/mol. The maximum Gasteiger partial charge on any atom is 0.307 e. The van der Waals surface area contributed by atoms with Crippen LogP contribution in [-0.4, -0.2) is 29.4 Å². The SMILES string of the molecule is O=C(Nc1ccc([C@@H]2C[C@H]2C(=O)O)cc1)c1ccc(N2CCCC2=O)cc1. The maximum absolute atomic E-state index is 12.4. The van der Waals surface area contributed by atoms with Crippen LogP contribution in [-0.2, 0) is 9.59 Å². The Hall–Kier alpha value is -3.15. The molecule has 0 aromatic heterocycles. The first kappa shape index (κ1) is 17.3. The fraction of sp³-hybridized carbons (Fsp3) is 0.286. The van der Waals surface area contributed by atoms with Gasteiger partial charge in [0.25, 0.3) is 5.91 Å². The highest BCUT2D eigenvalue weighted by Crippen LogP contribution is 2.47. The van der Waals surface area contributed by atoms with Crippen molar-refractivity contribution in [2.24, 2.45) is 5.92 Å². The molecule has 0 radical (unpaired) electrons. The molecule has 2 aromatic rings. The molecule has 6 nitrogen and oxygen atoms in total. The standard InChI is InChI=1S/C21H20N2O4/c24-19-2-1-11-23(19)16-9-5-14(6-10-16)20(25)22-15-7-3-13(4-8-15)17-12-18(17)21(26)27/h3-10,17-18H,1-2,11-12H2,(H,22,25)(H,26,27)/t17-,18+/m0/s1. The number of hydrogen-bond donors (Lipinski definition) is 2. The smallest absolute Gasteiger partial charge is 0.307 e. The Morgan fingerprint density at radius 3 is 2.30 bits per heavy atom. The van der Waals surface area contributed by atoms with E-state index < -0.39 is 5.97 Å². The zero-order valence-corrected chi connectivity index (χ0v) is 14.7. The molecule has 1 aliphatic heterocycles. The van der Waals surface area contributed by atoms with Gasteiger partial charge in [-0.3, -0.25) is 14.4 Å². The molecule has 138 valence electrons. The second-order valence-corrected chi connectivity index (χ2v) is 7.06. The largest absolute Gasteiger partial charge is 0.481 e. The van der Waals surface area contributed by atoms with E-state index in [0.29, 0.717) is 24.1 Å². The van der Waals surface area contributed by atoms with Crippen LogP contribution in [0.5, 0.6) is 0 Å². The van der Waals surface area contributed by atoms with E-state index in [2.05, 4.69) is 5.32 Å². The average Bonchev–Trinajstić information content (AvgIpc) is 3.37. The lowest BCUT2D eigenvalue weighted by atomic mass is 10.1. The molecule has 1 heterocycles. The molecule has 1 saturated carbocycles. The van der Waals surface area contributed by atoms with Crippen molar-refractivity contribution in [2.45, 2.75) is 25.2 Å². The third kappa shape index (κ3) is 3.56. The minimum atomic E-state index is -0.753. The quantitative estimate of drug-likeness (QED) is 0.853. The molecule has 2 fully saturated rings. The normalized spacial score (nSPS) is 21.2. The topological polar surface area (TPSA) is 86.7 Å². The molecule has 0 spiro atoms. The number of benzene rings is 2. The molecular formula is C21H20N2O4. The number of amides is 2. The van der Waals surface area contributed by atoms with Crippen LogP contribution in [0.3, 0.4) is 0 Å². The van der Waals surface area contributed by atoms with Gasteiger partial charge in [-0.25, -0.2) is 0 Å². The van der Waals surface area contributed by atoms with E-state index in [1.54, 1.807) is 41.3 Å². The first-order valence-corrected chi connectivity index (χ1v) is 9.07. The van der Waals surface area contributed by atoms with E-state index in [4.69, 9.17) is 5.11 Å². The summed E-state index contributed by atoms with van der Waals surface area (Å²) < 4.78 is 0. The molecule has 0 unspecified atom stereocenters. The molecule has 2 amide bonds. The summed E-state index contributed by atoms with van der Waals surface area (Å²) in [5.74, 6) is -1.07. The number of carbonyl (C=O) groups excluding carboxylic acids is 2. The molecule has 1 aliphatic carbocycles. The molecule has 4 rings (SSSR count). The number of anilines is 2. The fourth-order valence-corrected chi connectivity index (χ4v) is 3.57. The van der Waals surface area contributed by atoms with E-state index in [0.717, 1.165) is 24.2 Å². The average molecular weight is 364 g/mol. The fourth-order valence-electron chi connectivity index (χ4n) is 3.57. The highest BCUT2D eigenvalue weighted by Gasteiger charge is 2.44. The molecule has 2 atom stereocenters. The molecule has 1 saturated heterocycles. The number of rotatable bonds is 5. The molecule has 27 heavy (non-hydrogen) atoms. The van der Waals surface area contributed by atoms with Crippen molar-refractivity contribution in [3.8, 4) is 0 Å². The van der Waals surface area contributed by atoms with E-state index in [-0.39, 0.29) is 23.7 Å². The second-order valence-electron chi connectivity index (χ2n) is 7.06. The third-order valence-corrected chi connectivity index (χ3v) is 5.22. The molecule has 2 N–H and O–H groups in total. The van der Waals surface area contributed by atoms with Crippen molar-refractivity contribution in [1.29, 1.82) is 0 Å². The Kier molecular flexibility index (Phi) is 4.39. The Labute approximate surface area is 156 Å². The zero-order chi connectivity index (χ0) is 19.0. The highest BCUT2D eigenvalue weighted by molar-refractivity contribution is 6.04. The van der Waals surface area contributed by atoms with Gasteiger partial charge in [-0.05, 0) is 60.7 Å². The second kappa shape index (κ2) is 6.87. The van der Waals surface area contributed by atoms with Crippen molar-refractivity contribution in [3.05, 3.63) is 59.7 Å². The predicted octanol–water partition coefficient (Wildman–Crippen LogP) is 3.25. The van der Waals surface area contributed by atoms with Gasteiger partial charge < -0.3 is 15.3 Å². The summed E-state index contributed by atoms with van der Waals surface area (Å²) in [5, 5.41) is 11.8. The molecule has 2 aromatic carbocycles. The summed E-state index contributed by atoms with van der Waals surface area (Å²) in [5.41, 5.74) is 2.98. The first-order chi connectivity index (χ1) is 13.0. The zero-order valence-electron chi connectivity index (χ0n) is 14.7. The Bertz CT molecular complexity index is 889. The Morgan fingerprint density at radius 2 is 1.74 bits per heavy atom. The number of hydrogen-bond acceptors (Lipinski definition) is 3. The van der Waals surface area contributed by atoms with Crippen LogP contribution in [0.25, 0.3) is 0 Å². The van der Waals surface area contributed by atoms with Crippen molar-refractivity contribution < 1.29 is 19.5 Å². The van der Waals surface area contributed by atoms with Crippen LogP contribution in [0.15, 0.2) is 48.5 Å². The van der Waals surface area contributed by atoms with Crippen molar-refractivity contribution >= 4 is 29.2 Å². The maximum atomic E-state index is 12.4. The van der Waals surface area contributed by atoms with E-state index >= 15 is 0 Å². The Morgan fingerprint density at radius 1 is 1.04 bits per heavy atom. The number of carboxylic acid groups (broad SMARTS) is 1. The van der Waals surface area contributed by atoms with Crippen LogP contribution in [0, 0.1) is 5.92 Å². The van der Waals surface area contributed by atoms with Gasteiger partial charge in [0.15, 0.2) is 0 Å². The number of carbonyl (C=O) groups is 3. The third-order valence-electron chi connectivity index (χ3n) is 5.22. The molecule has 0 bridgehead atoms. The van der Waals surface area contributed by atoms with Gasteiger partial charge in [-0.2, -0.15) is 0 Å². The van der Waals surface area contributed by atoms with E-state index in [1.165, 1.54) is 0 Å². The van der Waals surface area contributed by atoms with Crippen LogP contribution in [0.4, 0.5) is 11.4 Å². The number of carboxylic acids is 1. The van der Waals surface area contributed by atoms with E-state index in [9.17, 15) is 14.4 Å². The van der Waals surface area contributed by atoms with Gasteiger partial charge in [0.1, 0.15) is 0 Å². The number of aliphatic carboxylic acids is 1. The van der Waals surface area contributed by atoms with Crippen LogP contribution < -0.4 is 10.2 Å². The summed E-state index contributed by atoms with van der Waals surface area (Å²) in [4.78, 5) is 36.9. The summed E-state index contributed by atoms with van der Waals surface area (Å²) in [6.07, 6.45) is 2.12. The van der Waals surface area contributed by atoms with Gasteiger partial charge >= 0.3 is 5.97 Å². The highest BCUT2D eigenvalue weighted by atomic mass is 16.4.